The normalized spacial score (nSPS) is 18.3. The van der Waals surface area contributed by atoms with Gasteiger partial charge in [-0.3, -0.25) is 9.69 Å². The third kappa shape index (κ3) is 3.83. The van der Waals surface area contributed by atoms with Gasteiger partial charge in [0.2, 0.25) is 5.91 Å². The largest absolute Gasteiger partial charge is 0.497 e. The van der Waals surface area contributed by atoms with Gasteiger partial charge < -0.3 is 14.8 Å². The third-order valence-corrected chi connectivity index (χ3v) is 5.01. The number of nitrogens with one attached hydrogen (secondary N) is 1. The second-order valence-corrected chi connectivity index (χ2v) is 6.53. The van der Waals surface area contributed by atoms with Gasteiger partial charge in [-0.1, -0.05) is 18.2 Å². The van der Waals surface area contributed by atoms with Crippen molar-refractivity contribution in [3.05, 3.63) is 54.1 Å². The number of hydrogen-bond acceptors (Lipinski definition) is 4. The molecule has 0 aliphatic carbocycles. The summed E-state index contributed by atoms with van der Waals surface area (Å²) in [6.07, 6.45) is 2.04. The summed E-state index contributed by atoms with van der Waals surface area (Å²) in [5.74, 6) is 1.64. The van der Waals surface area contributed by atoms with Gasteiger partial charge >= 0.3 is 0 Å². The zero-order chi connectivity index (χ0) is 18.5. The Kier molecular flexibility index (Phi) is 5.78. The molecule has 5 heteroatoms. The fourth-order valence-corrected chi connectivity index (χ4v) is 3.61. The van der Waals surface area contributed by atoms with Gasteiger partial charge in [0.05, 0.1) is 20.3 Å². The molecular weight excluding hydrogens is 328 g/mol. The third-order valence-electron chi connectivity index (χ3n) is 5.01. The molecule has 0 radical (unpaired) electrons. The SMILES string of the molecule is COc1ccc(OC)c([C@H]2CCCN2[C@H](C)C(=O)Nc2ccccc2)c1. The van der Waals surface area contributed by atoms with Crippen LogP contribution >= 0.6 is 0 Å². The Morgan fingerprint density at radius 2 is 1.92 bits per heavy atom. The van der Waals surface area contributed by atoms with Crippen molar-refractivity contribution < 1.29 is 14.3 Å². The highest BCUT2D eigenvalue weighted by Crippen LogP contribution is 2.40. The monoisotopic (exact) mass is 354 g/mol. The molecule has 0 unspecified atom stereocenters. The molecule has 1 aliphatic rings. The second-order valence-electron chi connectivity index (χ2n) is 6.53. The molecule has 1 aliphatic heterocycles. The molecule has 2 aromatic rings. The van der Waals surface area contributed by atoms with Gasteiger partial charge in [0.1, 0.15) is 11.5 Å². The maximum atomic E-state index is 12.7. The maximum Gasteiger partial charge on any atom is 0.241 e. The average Bonchev–Trinajstić information content (AvgIpc) is 3.17. The van der Waals surface area contributed by atoms with Crippen LogP contribution in [0.25, 0.3) is 0 Å². The van der Waals surface area contributed by atoms with Crippen LogP contribution in [0.1, 0.15) is 31.4 Å². The number of carbonyl (C=O) groups excluding carboxylic acids is 1. The number of nitrogens with zero attached hydrogens (tertiary/aromatic N) is 1. The standard InChI is InChI=1S/C21H26N2O3/c1-15(21(24)22-16-8-5-4-6-9-16)23-13-7-10-19(23)18-14-17(25-2)11-12-20(18)26-3/h4-6,8-9,11-12,14-15,19H,7,10,13H2,1-3H3,(H,22,24)/t15-,19-/m1/s1. The van der Waals surface area contributed by atoms with Gasteiger partial charge in [-0.2, -0.15) is 0 Å². The van der Waals surface area contributed by atoms with Gasteiger partial charge in [0.25, 0.3) is 0 Å². The summed E-state index contributed by atoms with van der Waals surface area (Å²) in [7, 11) is 3.34. The molecule has 0 saturated carbocycles. The summed E-state index contributed by atoms with van der Waals surface area (Å²) in [6, 6.07) is 15.3. The summed E-state index contributed by atoms with van der Waals surface area (Å²) in [5.41, 5.74) is 1.89. The van der Waals surface area contributed by atoms with Crippen molar-refractivity contribution in [2.24, 2.45) is 0 Å². The van der Waals surface area contributed by atoms with Crippen molar-refractivity contribution in [3.8, 4) is 11.5 Å². The van der Waals surface area contributed by atoms with Gasteiger partial charge in [0.15, 0.2) is 0 Å². The minimum atomic E-state index is -0.237. The fourth-order valence-electron chi connectivity index (χ4n) is 3.61. The van der Waals surface area contributed by atoms with E-state index in [2.05, 4.69) is 10.2 Å². The van der Waals surface area contributed by atoms with E-state index in [1.807, 2.05) is 55.5 Å². The van der Waals surface area contributed by atoms with E-state index in [1.165, 1.54) is 0 Å². The van der Waals surface area contributed by atoms with Gasteiger partial charge in [-0.05, 0) is 56.6 Å². The molecule has 1 N–H and O–H groups in total. The number of anilines is 1. The molecule has 0 bridgehead atoms. The Morgan fingerprint density at radius 3 is 2.62 bits per heavy atom. The van der Waals surface area contributed by atoms with Crippen LogP contribution in [0.5, 0.6) is 11.5 Å². The molecule has 0 spiro atoms. The van der Waals surface area contributed by atoms with Crippen LogP contribution in [0.2, 0.25) is 0 Å². The van der Waals surface area contributed by atoms with Crippen LogP contribution in [0.15, 0.2) is 48.5 Å². The summed E-state index contributed by atoms with van der Waals surface area (Å²) >= 11 is 0. The summed E-state index contributed by atoms with van der Waals surface area (Å²) in [5, 5.41) is 3.01. The zero-order valence-corrected chi connectivity index (χ0v) is 15.6. The molecule has 1 heterocycles. The highest BCUT2D eigenvalue weighted by Gasteiger charge is 2.34. The van der Waals surface area contributed by atoms with Crippen LogP contribution in [0.3, 0.4) is 0 Å². The van der Waals surface area contributed by atoms with Crippen LogP contribution in [-0.2, 0) is 4.79 Å². The van der Waals surface area contributed by atoms with Crippen LogP contribution in [-0.4, -0.2) is 37.6 Å². The predicted octanol–water partition coefficient (Wildman–Crippen LogP) is 3.87. The lowest BCUT2D eigenvalue weighted by Gasteiger charge is -2.31. The highest BCUT2D eigenvalue weighted by molar-refractivity contribution is 5.94. The number of hydrogen-bond donors (Lipinski definition) is 1. The van der Waals surface area contributed by atoms with Crippen molar-refractivity contribution in [2.45, 2.75) is 31.8 Å². The number of carbonyl (C=O) groups is 1. The van der Waals surface area contributed by atoms with E-state index in [-0.39, 0.29) is 18.0 Å². The molecule has 1 saturated heterocycles. The van der Waals surface area contributed by atoms with Crippen LogP contribution < -0.4 is 14.8 Å². The first-order valence-electron chi connectivity index (χ1n) is 8.97. The molecule has 0 aromatic heterocycles. The van der Waals surface area contributed by atoms with Gasteiger partial charge in [-0.25, -0.2) is 0 Å². The number of benzene rings is 2. The number of ether oxygens (including phenoxy) is 2. The van der Waals surface area contributed by atoms with Crippen molar-refractivity contribution >= 4 is 11.6 Å². The van der Waals surface area contributed by atoms with Crippen LogP contribution in [0, 0.1) is 0 Å². The van der Waals surface area contributed by atoms with E-state index in [0.29, 0.717) is 0 Å². The van der Waals surface area contributed by atoms with Gasteiger partial charge in [-0.15, -0.1) is 0 Å². The number of rotatable bonds is 6. The van der Waals surface area contributed by atoms with Crippen molar-refractivity contribution in [1.82, 2.24) is 4.90 Å². The molecule has 138 valence electrons. The minimum Gasteiger partial charge on any atom is -0.497 e. The van der Waals surface area contributed by atoms with E-state index in [4.69, 9.17) is 9.47 Å². The molecule has 2 aromatic carbocycles. The summed E-state index contributed by atoms with van der Waals surface area (Å²) < 4.78 is 10.9. The average molecular weight is 354 g/mol. The highest BCUT2D eigenvalue weighted by atomic mass is 16.5. The number of amides is 1. The Balaban J connectivity index is 1.80. The molecule has 26 heavy (non-hydrogen) atoms. The summed E-state index contributed by atoms with van der Waals surface area (Å²) in [6.45, 7) is 2.84. The minimum absolute atomic E-state index is 0.00460. The van der Waals surface area contributed by atoms with Crippen LogP contribution in [0.4, 0.5) is 5.69 Å². The molecule has 2 atom stereocenters. The van der Waals surface area contributed by atoms with Gasteiger partial charge in [0, 0.05) is 17.3 Å². The lowest BCUT2D eigenvalue weighted by Crippen LogP contribution is -2.41. The van der Waals surface area contributed by atoms with E-state index >= 15 is 0 Å². The Labute approximate surface area is 154 Å². The molecule has 1 amide bonds. The molecule has 3 rings (SSSR count). The lowest BCUT2D eigenvalue weighted by atomic mass is 10.0. The van der Waals surface area contributed by atoms with E-state index in [9.17, 15) is 4.79 Å². The smallest absolute Gasteiger partial charge is 0.241 e. The Morgan fingerprint density at radius 1 is 1.15 bits per heavy atom. The number of para-hydroxylation sites is 1. The molecule has 1 fully saturated rings. The fraction of sp³-hybridized carbons (Fsp3) is 0.381. The first-order chi connectivity index (χ1) is 12.6. The van der Waals surface area contributed by atoms with Crippen molar-refractivity contribution in [3.63, 3.8) is 0 Å². The maximum absolute atomic E-state index is 12.7. The predicted molar refractivity (Wildman–Crippen MR) is 103 cm³/mol. The molecular formula is C21H26N2O3. The second kappa shape index (κ2) is 8.23. The number of likely N-dealkylation sites (tertiary alicyclic amines) is 1. The van der Waals surface area contributed by atoms with Crippen molar-refractivity contribution in [1.29, 1.82) is 0 Å². The Hall–Kier alpha value is -2.53. The lowest BCUT2D eigenvalue weighted by molar-refractivity contribution is -0.121. The first kappa shape index (κ1) is 18.3. The quantitative estimate of drug-likeness (QED) is 0.856. The van der Waals surface area contributed by atoms with Crippen molar-refractivity contribution in [2.75, 3.05) is 26.1 Å². The summed E-state index contributed by atoms with van der Waals surface area (Å²) in [4.78, 5) is 15.0. The topological polar surface area (TPSA) is 50.8 Å². The number of methoxy groups -OCH3 is 2. The van der Waals surface area contributed by atoms with E-state index in [0.717, 1.165) is 42.1 Å². The first-order valence-corrected chi connectivity index (χ1v) is 8.97. The van der Waals surface area contributed by atoms with E-state index in [1.54, 1.807) is 14.2 Å². The zero-order valence-electron chi connectivity index (χ0n) is 15.6. The molecule has 5 nitrogen and oxygen atoms in total. The Bertz CT molecular complexity index is 748. The van der Waals surface area contributed by atoms with E-state index < -0.39 is 0 Å².